The first-order valence-corrected chi connectivity index (χ1v) is 15.2. The van der Waals surface area contributed by atoms with Gasteiger partial charge in [0, 0.05) is 38.4 Å². The quantitative estimate of drug-likeness (QED) is 0.397. The van der Waals surface area contributed by atoms with Crippen LogP contribution in [0.4, 0.5) is 23.7 Å². The minimum Gasteiger partial charge on any atom is -0.444 e. The van der Waals surface area contributed by atoms with E-state index in [2.05, 4.69) is 48.8 Å². The van der Waals surface area contributed by atoms with Crippen molar-refractivity contribution in [3.05, 3.63) is 61.7 Å². The zero-order chi connectivity index (χ0) is 33.1. The van der Waals surface area contributed by atoms with Gasteiger partial charge in [0.2, 0.25) is 22.0 Å². The minimum atomic E-state index is -4.60. The average molecular weight is 714 g/mol. The lowest BCUT2D eigenvalue weighted by atomic mass is 9.73. The Kier molecular flexibility index (Phi) is 8.20. The van der Waals surface area contributed by atoms with Gasteiger partial charge >= 0.3 is 12.3 Å². The number of nitrogens with zero attached hydrogens (tertiary/aromatic N) is 5. The van der Waals surface area contributed by atoms with E-state index in [1.54, 1.807) is 30.2 Å². The summed E-state index contributed by atoms with van der Waals surface area (Å²) in [5.74, 6) is 2.16. The number of hydrogen-bond donors (Lipinski definition) is 2. The normalized spacial score (nSPS) is 19.4. The zero-order valence-corrected chi connectivity index (χ0v) is 27.3. The van der Waals surface area contributed by atoms with Crippen molar-refractivity contribution in [1.29, 1.82) is 0 Å². The summed E-state index contributed by atoms with van der Waals surface area (Å²) in [7, 11) is 0. The van der Waals surface area contributed by atoms with Crippen molar-refractivity contribution >= 4 is 56.9 Å². The van der Waals surface area contributed by atoms with Gasteiger partial charge in [-0.1, -0.05) is 11.6 Å². The maximum atomic E-state index is 14.1. The molecule has 45 heavy (non-hydrogen) atoms. The van der Waals surface area contributed by atoms with E-state index in [0.717, 1.165) is 22.7 Å². The molecule has 1 fully saturated rings. The third-order valence-electron chi connectivity index (χ3n) is 8.07. The predicted octanol–water partition coefficient (Wildman–Crippen LogP) is 3.79. The topological polar surface area (TPSA) is 125 Å². The number of halogens is 5. The zero-order valence-electron chi connectivity index (χ0n) is 24.9. The number of rotatable bonds is 4. The van der Waals surface area contributed by atoms with Crippen LogP contribution in [0.2, 0.25) is 5.02 Å². The van der Waals surface area contributed by atoms with Gasteiger partial charge in [0.1, 0.15) is 17.8 Å². The number of fused-ring (bicyclic) bond motifs is 3. The summed E-state index contributed by atoms with van der Waals surface area (Å²) < 4.78 is 47.8. The number of benzene rings is 1. The predicted molar refractivity (Wildman–Crippen MR) is 162 cm³/mol. The first kappa shape index (κ1) is 32.7. The minimum absolute atomic E-state index is 0.0164. The second-order valence-electron chi connectivity index (χ2n) is 12.5. The molecule has 2 N–H and O–H groups in total. The van der Waals surface area contributed by atoms with E-state index in [9.17, 15) is 27.6 Å². The van der Waals surface area contributed by atoms with Crippen LogP contribution >= 0.6 is 27.5 Å². The maximum Gasteiger partial charge on any atom is 0.416 e. The molecule has 0 saturated carbocycles. The number of anilines is 1. The molecule has 11 nitrogen and oxygen atoms in total. The molecule has 0 bridgehead atoms. The fourth-order valence-corrected chi connectivity index (χ4v) is 6.92. The van der Waals surface area contributed by atoms with E-state index in [4.69, 9.17) is 16.3 Å². The number of carbonyl (C=O) groups excluding carboxylic acids is 2. The van der Waals surface area contributed by atoms with Gasteiger partial charge in [-0.25, -0.2) is 4.79 Å². The largest absolute Gasteiger partial charge is 0.444 e. The third kappa shape index (κ3) is 6.12. The lowest BCUT2D eigenvalue weighted by Crippen LogP contribution is -2.80. The molecule has 1 aromatic carbocycles. The fourth-order valence-electron chi connectivity index (χ4n) is 6.38. The van der Waals surface area contributed by atoms with Crippen LogP contribution in [0.3, 0.4) is 0 Å². The number of carbonyl (C=O) groups is 2. The molecule has 3 heterocycles. The number of piperidine rings is 1. The number of nitrogens with one attached hydrogen (secondary N) is 2. The Morgan fingerprint density at radius 1 is 1.24 bits per heavy atom. The monoisotopic (exact) mass is 712 g/mol. The Morgan fingerprint density at radius 3 is 2.49 bits per heavy atom. The lowest BCUT2D eigenvalue weighted by Gasteiger charge is -2.39. The highest BCUT2D eigenvalue weighted by Crippen LogP contribution is 2.50. The first-order chi connectivity index (χ1) is 20.9. The van der Waals surface area contributed by atoms with Crippen molar-refractivity contribution in [3.8, 4) is 0 Å². The summed E-state index contributed by atoms with van der Waals surface area (Å²) in [4.78, 5) is 49.5. The Hall–Kier alpha value is -3.68. The Bertz CT molecular complexity index is 1820. The van der Waals surface area contributed by atoms with Crippen LogP contribution in [0.1, 0.15) is 63.8 Å². The van der Waals surface area contributed by atoms with Gasteiger partial charge in [-0.3, -0.25) is 14.2 Å². The molecule has 1 saturated heterocycles. The number of alkyl halides is 3. The van der Waals surface area contributed by atoms with Gasteiger partial charge in [0.15, 0.2) is 5.87 Å². The van der Waals surface area contributed by atoms with E-state index >= 15 is 0 Å². The van der Waals surface area contributed by atoms with Crippen molar-refractivity contribution in [3.63, 3.8) is 0 Å². The molecule has 2 aliphatic rings. The van der Waals surface area contributed by atoms with E-state index in [-0.39, 0.29) is 27.8 Å². The van der Waals surface area contributed by atoms with Crippen molar-refractivity contribution in [2.45, 2.75) is 76.2 Å². The van der Waals surface area contributed by atoms with Crippen molar-refractivity contribution in [2.24, 2.45) is 0 Å². The van der Waals surface area contributed by atoms with Gasteiger partial charge in [-0.05, 0) is 67.7 Å². The first-order valence-electron chi connectivity index (χ1n) is 14.0. The number of likely N-dealkylation sites (tertiary alicyclic amines) is 1. The standard InChI is InChI=1S/C29H30BrClF3N7O4/c1-6-35-27(5)15-28(9-11-39(12-10-28)25(44)45-26(2,3)4)20-21(27)40(24-37-23(30)38-41(24)22(20)43)14-19(42)36-18-8-7-16(13-17(18)31)29(32,33)34/h7-8,13H,1,9-12,14-15H2,2-5H3,(H,36,42)/p+1/t27-/m1/s1. The Morgan fingerprint density at radius 2 is 1.91 bits per heavy atom. The molecule has 5 rings (SSSR count). The van der Waals surface area contributed by atoms with Gasteiger partial charge < -0.3 is 15.0 Å². The molecule has 1 aliphatic carbocycles. The number of aromatic nitrogens is 4. The average Bonchev–Trinajstić information content (AvgIpc) is 3.42. The number of hydrogen-bond acceptors (Lipinski definition) is 6. The maximum absolute atomic E-state index is 14.1. The van der Waals surface area contributed by atoms with Crippen LogP contribution < -0.4 is 15.9 Å². The third-order valence-corrected chi connectivity index (χ3v) is 8.72. The fraction of sp³-hybridized carbons (Fsp3) is 0.483. The summed E-state index contributed by atoms with van der Waals surface area (Å²) in [5, 5.41) is 6.52. The molecule has 0 unspecified atom stereocenters. The molecule has 2 amide bonds. The van der Waals surface area contributed by atoms with Crippen LogP contribution in [0, 0.1) is 0 Å². The Balaban J connectivity index is 1.57. The summed E-state index contributed by atoms with van der Waals surface area (Å²) >= 11 is 9.32. The number of amides is 2. The summed E-state index contributed by atoms with van der Waals surface area (Å²) in [5.41, 5.74) is -2.83. The van der Waals surface area contributed by atoms with E-state index in [0.29, 0.717) is 43.6 Å². The Labute approximate surface area is 269 Å². The molecule has 1 spiro atoms. The second kappa shape index (κ2) is 11.3. The lowest BCUT2D eigenvalue weighted by molar-refractivity contribution is -0.554. The molecule has 0 radical (unpaired) electrons. The summed E-state index contributed by atoms with van der Waals surface area (Å²) in [6.07, 6.45) is -3.78. The molecule has 1 aliphatic heterocycles. The molecule has 16 heteroatoms. The molecule has 1 atom stereocenters. The van der Waals surface area contributed by atoms with Gasteiger partial charge in [-0.15, -0.1) is 5.10 Å². The van der Waals surface area contributed by atoms with Gasteiger partial charge in [0.05, 0.1) is 21.8 Å². The SMILES string of the molecule is C=C=[NH+][C@]1(C)CC2(CCN(C(=O)OC(C)(C)C)CC2)c2c1n(CC(=O)Nc1ccc(C(F)(F)F)cc1Cl)c1nc(Br)nn1c2=O. The van der Waals surface area contributed by atoms with Crippen LogP contribution in [0.25, 0.3) is 5.78 Å². The van der Waals surface area contributed by atoms with Crippen LogP contribution in [-0.2, 0) is 33.2 Å². The smallest absolute Gasteiger partial charge is 0.416 e. The summed E-state index contributed by atoms with van der Waals surface area (Å²) in [6.45, 7) is 11.2. The highest BCUT2D eigenvalue weighted by molar-refractivity contribution is 9.10. The highest BCUT2D eigenvalue weighted by atomic mass is 79.9. The van der Waals surface area contributed by atoms with Gasteiger partial charge in [-0.2, -0.15) is 27.7 Å². The van der Waals surface area contributed by atoms with Crippen LogP contribution in [0.15, 0.2) is 34.3 Å². The highest BCUT2D eigenvalue weighted by Gasteiger charge is 2.58. The van der Waals surface area contributed by atoms with Crippen molar-refractivity contribution < 1.29 is 32.5 Å². The number of ether oxygens (including phenoxy) is 1. The van der Waals surface area contributed by atoms with Crippen molar-refractivity contribution in [1.82, 2.24) is 24.1 Å². The molecular formula is C29H31BrClF3N7O4+. The van der Waals surface area contributed by atoms with E-state index in [1.165, 1.54) is 0 Å². The molecule has 2 aromatic heterocycles. The molecule has 3 aromatic rings. The molecular weight excluding hydrogens is 683 g/mol. The summed E-state index contributed by atoms with van der Waals surface area (Å²) in [6, 6.07) is 2.63. The van der Waals surface area contributed by atoms with Crippen LogP contribution in [0.5, 0.6) is 0 Å². The molecule has 240 valence electrons. The van der Waals surface area contributed by atoms with Gasteiger partial charge in [0.25, 0.3) is 5.56 Å². The van der Waals surface area contributed by atoms with E-state index in [1.807, 2.05) is 6.92 Å². The van der Waals surface area contributed by atoms with Crippen LogP contribution in [-0.4, -0.2) is 60.6 Å². The van der Waals surface area contributed by atoms with E-state index < -0.39 is 45.9 Å². The second-order valence-corrected chi connectivity index (χ2v) is 13.6. The van der Waals surface area contributed by atoms with Crippen molar-refractivity contribution in [2.75, 3.05) is 18.4 Å².